The van der Waals surface area contributed by atoms with Crippen molar-refractivity contribution in [3.05, 3.63) is 96.4 Å². The minimum Gasteiger partial charge on any atom is -0.459 e. The molecule has 0 radical (unpaired) electrons. The topological polar surface area (TPSA) is 84.5 Å². The monoisotopic (exact) mass is 390 g/mol. The molecule has 29 heavy (non-hydrogen) atoms. The molecule has 0 unspecified atom stereocenters. The second-order valence-electron chi connectivity index (χ2n) is 6.14. The van der Waals surface area contributed by atoms with Gasteiger partial charge in [0.25, 0.3) is 11.8 Å². The Morgan fingerprint density at radius 2 is 1.45 bits per heavy atom. The molecule has 2 aromatic carbocycles. The Kier molecular flexibility index (Phi) is 4.94. The van der Waals surface area contributed by atoms with Crippen LogP contribution in [0.2, 0.25) is 0 Å². The zero-order chi connectivity index (χ0) is 20.2. The number of anilines is 2. The molecule has 2 N–H and O–H groups in total. The standard InChI is InChI=1S/C22H15FN2O4/c23-15-8-6-14(7-9-15)18-10-11-20(29-18)22(27)25-17-4-1-3-16(13-17)24-21(26)19-5-2-12-28-19/h1-13H,(H,24,26)(H,25,27). The summed E-state index contributed by atoms with van der Waals surface area (Å²) in [7, 11) is 0. The van der Waals surface area contributed by atoms with E-state index in [1.54, 1.807) is 54.6 Å². The first kappa shape index (κ1) is 18.2. The van der Waals surface area contributed by atoms with Gasteiger partial charge in [0.2, 0.25) is 0 Å². The number of hydrogen-bond acceptors (Lipinski definition) is 4. The highest BCUT2D eigenvalue weighted by molar-refractivity contribution is 6.04. The lowest BCUT2D eigenvalue weighted by atomic mass is 10.2. The van der Waals surface area contributed by atoms with Gasteiger partial charge in [-0.1, -0.05) is 6.07 Å². The van der Waals surface area contributed by atoms with Crippen LogP contribution in [0.15, 0.2) is 87.9 Å². The van der Waals surface area contributed by atoms with Gasteiger partial charge in [-0.15, -0.1) is 0 Å². The molecule has 0 bridgehead atoms. The zero-order valence-electron chi connectivity index (χ0n) is 15.0. The minimum absolute atomic E-state index is 0.106. The summed E-state index contributed by atoms with van der Waals surface area (Å²) in [5.41, 5.74) is 1.63. The Bertz CT molecular complexity index is 1150. The largest absolute Gasteiger partial charge is 0.459 e. The van der Waals surface area contributed by atoms with E-state index in [1.807, 2.05) is 0 Å². The predicted molar refractivity (Wildman–Crippen MR) is 105 cm³/mol. The van der Waals surface area contributed by atoms with Gasteiger partial charge in [0, 0.05) is 16.9 Å². The van der Waals surface area contributed by atoms with E-state index in [0.29, 0.717) is 22.7 Å². The number of hydrogen-bond donors (Lipinski definition) is 2. The van der Waals surface area contributed by atoms with Crippen molar-refractivity contribution >= 4 is 23.2 Å². The fourth-order valence-electron chi connectivity index (χ4n) is 2.70. The quantitative estimate of drug-likeness (QED) is 0.492. The fraction of sp³-hybridized carbons (Fsp3) is 0. The molecule has 2 amide bonds. The number of carbonyl (C=O) groups excluding carboxylic acids is 2. The van der Waals surface area contributed by atoms with Gasteiger partial charge in [-0.2, -0.15) is 0 Å². The van der Waals surface area contributed by atoms with Crippen molar-refractivity contribution in [2.24, 2.45) is 0 Å². The number of carbonyl (C=O) groups is 2. The summed E-state index contributed by atoms with van der Waals surface area (Å²) in [6.07, 6.45) is 1.41. The van der Waals surface area contributed by atoms with Crippen LogP contribution in [0.1, 0.15) is 21.1 Å². The van der Waals surface area contributed by atoms with Crippen molar-refractivity contribution in [3.8, 4) is 11.3 Å². The van der Waals surface area contributed by atoms with Crippen molar-refractivity contribution in [3.63, 3.8) is 0 Å². The van der Waals surface area contributed by atoms with Crippen LogP contribution >= 0.6 is 0 Å². The predicted octanol–water partition coefficient (Wildman–Crippen LogP) is 5.18. The molecule has 0 aliphatic rings. The highest BCUT2D eigenvalue weighted by Gasteiger charge is 2.14. The van der Waals surface area contributed by atoms with Gasteiger partial charge in [0.05, 0.1) is 6.26 Å². The number of halogens is 1. The molecule has 144 valence electrons. The molecule has 0 spiro atoms. The first-order valence-corrected chi connectivity index (χ1v) is 8.70. The maximum atomic E-state index is 13.0. The van der Waals surface area contributed by atoms with Gasteiger partial charge in [0.15, 0.2) is 11.5 Å². The molecule has 6 nitrogen and oxygen atoms in total. The van der Waals surface area contributed by atoms with Crippen molar-refractivity contribution in [2.45, 2.75) is 0 Å². The van der Waals surface area contributed by atoms with Crippen molar-refractivity contribution in [1.82, 2.24) is 0 Å². The Balaban J connectivity index is 1.45. The van der Waals surface area contributed by atoms with Gasteiger partial charge in [-0.25, -0.2) is 4.39 Å². The van der Waals surface area contributed by atoms with E-state index in [4.69, 9.17) is 8.83 Å². The van der Waals surface area contributed by atoms with Crippen LogP contribution in [0.4, 0.5) is 15.8 Å². The minimum atomic E-state index is -0.451. The Morgan fingerprint density at radius 1 is 0.759 bits per heavy atom. The van der Waals surface area contributed by atoms with E-state index in [-0.39, 0.29) is 17.3 Å². The average Bonchev–Trinajstić information content (AvgIpc) is 3.41. The van der Waals surface area contributed by atoms with Gasteiger partial charge in [-0.3, -0.25) is 9.59 Å². The van der Waals surface area contributed by atoms with E-state index < -0.39 is 11.8 Å². The van der Waals surface area contributed by atoms with Crippen molar-refractivity contribution < 1.29 is 22.8 Å². The Morgan fingerprint density at radius 3 is 2.10 bits per heavy atom. The van der Waals surface area contributed by atoms with E-state index in [1.165, 1.54) is 24.5 Å². The molecule has 0 saturated carbocycles. The smallest absolute Gasteiger partial charge is 0.291 e. The third kappa shape index (κ3) is 4.24. The van der Waals surface area contributed by atoms with Crippen LogP contribution < -0.4 is 10.6 Å². The molecule has 7 heteroatoms. The van der Waals surface area contributed by atoms with Gasteiger partial charge in [-0.05, 0) is 66.7 Å². The molecule has 4 rings (SSSR count). The lowest BCUT2D eigenvalue weighted by Gasteiger charge is -2.07. The van der Waals surface area contributed by atoms with Crippen LogP contribution in [0.5, 0.6) is 0 Å². The lowest BCUT2D eigenvalue weighted by molar-refractivity contribution is 0.0990. The molecule has 2 aromatic heterocycles. The molecule has 0 saturated heterocycles. The van der Waals surface area contributed by atoms with Crippen molar-refractivity contribution in [2.75, 3.05) is 10.6 Å². The summed E-state index contributed by atoms with van der Waals surface area (Å²) in [6.45, 7) is 0. The normalized spacial score (nSPS) is 10.5. The lowest BCUT2D eigenvalue weighted by Crippen LogP contribution is -2.13. The third-order valence-electron chi connectivity index (χ3n) is 4.08. The Hall–Kier alpha value is -4.13. The maximum absolute atomic E-state index is 13.0. The molecular weight excluding hydrogens is 375 g/mol. The second kappa shape index (κ2) is 7.85. The first-order chi connectivity index (χ1) is 14.1. The third-order valence-corrected chi connectivity index (χ3v) is 4.08. The molecule has 0 aliphatic carbocycles. The zero-order valence-corrected chi connectivity index (χ0v) is 15.0. The molecule has 2 heterocycles. The van der Waals surface area contributed by atoms with Crippen LogP contribution in [-0.4, -0.2) is 11.8 Å². The highest BCUT2D eigenvalue weighted by atomic mass is 19.1. The van der Waals surface area contributed by atoms with E-state index in [9.17, 15) is 14.0 Å². The summed E-state index contributed by atoms with van der Waals surface area (Å²) < 4.78 is 23.7. The Labute approximate surface area is 165 Å². The summed E-state index contributed by atoms with van der Waals surface area (Å²) in [6, 6.07) is 18.8. The number of rotatable bonds is 5. The summed E-state index contributed by atoms with van der Waals surface area (Å²) in [4.78, 5) is 24.5. The van der Waals surface area contributed by atoms with Gasteiger partial charge < -0.3 is 19.5 Å². The van der Waals surface area contributed by atoms with Crippen molar-refractivity contribution in [1.29, 1.82) is 0 Å². The van der Waals surface area contributed by atoms with Crippen LogP contribution in [0.3, 0.4) is 0 Å². The summed E-state index contributed by atoms with van der Waals surface area (Å²) >= 11 is 0. The molecular formula is C22H15FN2O4. The molecule has 4 aromatic rings. The van der Waals surface area contributed by atoms with E-state index in [0.717, 1.165) is 0 Å². The van der Waals surface area contributed by atoms with Gasteiger partial charge in [0.1, 0.15) is 11.6 Å². The molecule has 0 aliphatic heterocycles. The van der Waals surface area contributed by atoms with Gasteiger partial charge >= 0.3 is 0 Å². The average molecular weight is 390 g/mol. The molecule has 0 atom stereocenters. The number of benzene rings is 2. The maximum Gasteiger partial charge on any atom is 0.291 e. The molecule has 0 fully saturated rings. The highest BCUT2D eigenvalue weighted by Crippen LogP contribution is 2.23. The van der Waals surface area contributed by atoms with E-state index in [2.05, 4.69) is 10.6 Å². The van der Waals surface area contributed by atoms with Crippen LogP contribution in [-0.2, 0) is 0 Å². The summed E-state index contributed by atoms with van der Waals surface area (Å²) in [5, 5.41) is 5.40. The second-order valence-corrected chi connectivity index (χ2v) is 6.14. The van der Waals surface area contributed by atoms with Crippen LogP contribution in [0.25, 0.3) is 11.3 Å². The SMILES string of the molecule is O=C(Nc1cccc(NC(=O)c2ccc(-c3ccc(F)cc3)o2)c1)c1ccco1. The summed E-state index contributed by atoms with van der Waals surface area (Å²) in [5.74, 6) is -0.453. The number of furan rings is 2. The van der Waals surface area contributed by atoms with Crippen LogP contribution in [0, 0.1) is 5.82 Å². The van der Waals surface area contributed by atoms with E-state index >= 15 is 0 Å². The number of amides is 2. The fourth-order valence-corrected chi connectivity index (χ4v) is 2.70. The first-order valence-electron chi connectivity index (χ1n) is 8.70. The number of nitrogens with one attached hydrogen (secondary N) is 2.